The zero-order valence-corrected chi connectivity index (χ0v) is 22.0. The summed E-state index contributed by atoms with van der Waals surface area (Å²) < 4.78 is 30.3. The number of aliphatic hydroxyl groups is 3. The summed E-state index contributed by atoms with van der Waals surface area (Å²) in [7, 11) is -5.13. The van der Waals surface area contributed by atoms with Gasteiger partial charge in [-0.2, -0.15) is 10.2 Å². The number of nitrogens with zero attached hydrogens (tertiary/aromatic N) is 6. The maximum absolute atomic E-state index is 12.3. The lowest BCUT2D eigenvalue weighted by atomic mass is 9.93. The second-order valence-corrected chi connectivity index (χ2v) is 11.7. The Morgan fingerprint density at radius 2 is 2.08 bits per heavy atom. The summed E-state index contributed by atoms with van der Waals surface area (Å²) in [5.74, 6) is 0.636. The fourth-order valence-electron chi connectivity index (χ4n) is 4.36. The van der Waals surface area contributed by atoms with Crippen LogP contribution < -0.4 is 5.32 Å². The van der Waals surface area contributed by atoms with Gasteiger partial charge in [-0.3, -0.25) is 4.57 Å². The first-order chi connectivity index (χ1) is 18.6. The van der Waals surface area contributed by atoms with Crippen LogP contribution in [-0.2, 0) is 25.4 Å². The summed E-state index contributed by atoms with van der Waals surface area (Å²) in [6, 6.07) is 3.65. The Morgan fingerprint density at radius 3 is 2.72 bits per heavy atom. The van der Waals surface area contributed by atoms with Crippen LogP contribution in [0.15, 0.2) is 12.1 Å². The van der Waals surface area contributed by atoms with E-state index in [2.05, 4.69) is 36.0 Å². The summed E-state index contributed by atoms with van der Waals surface area (Å²) in [6.45, 7) is -2.73. The molecule has 1 aliphatic heterocycles. The molecule has 19 heteroatoms. The van der Waals surface area contributed by atoms with Crippen LogP contribution in [0.1, 0.15) is 36.9 Å². The van der Waals surface area contributed by atoms with Crippen molar-refractivity contribution in [1.29, 1.82) is 0 Å². The molecule has 7 N–H and O–H groups in total. The average molecular weight is 591 g/mol. The van der Waals surface area contributed by atoms with Crippen LogP contribution in [0, 0.1) is 0 Å². The molecule has 2 aliphatic rings. The predicted octanol–water partition coefficient (Wildman–Crippen LogP) is -0.878. The van der Waals surface area contributed by atoms with E-state index in [-0.39, 0.29) is 23.8 Å². The van der Waals surface area contributed by atoms with Crippen molar-refractivity contribution in [2.75, 3.05) is 25.1 Å². The first-order valence-corrected chi connectivity index (χ1v) is 14.0. The lowest BCUT2D eigenvalue weighted by Gasteiger charge is -2.33. The molecule has 5 atom stereocenters. The Kier molecular flexibility index (Phi) is 8.17. The third kappa shape index (κ3) is 5.65. The number of H-pyrrole nitrogens is 1. The molecule has 214 valence electrons. The molecule has 0 aromatic carbocycles. The predicted molar refractivity (Wildman–Crippen MR) is 131 cm³/mol. The molecule has 17 nitrogen and oxygen atoms in total. The fraction of sp³-hybridized carbons (Fsp3) is 0.650. The summed E-state index contributed by atoms with van der Waals surface area (Å²) in [5, 5.41) is 49.3. The van der Waals surface area contributed by atoms with Crippen LogP contribution in [-0.4, -0.2) is 110 Å². The zero-order chi connectivity index (χ0) is 27.8. The maximum Gasteiger partial charge on any atom is 0.361 e. The molecule has 2 fully saturated rings. The lowest BCUT2D eigenvalue weighted by Crippen LogP contribution is -2.45. The van der Waals surface area contributed by atoms with E-state index in [0.29, 0.717) is 17.0 Å². The number of hydrogen-bond donors (Lipinski definition) is 7. The van der Waals surface area contributed by atoms with E-state index in [9.17, 15) is 29.7 Å². The number of hydrogen-bond acceptors (Lipinski definition) is 13. The highest BCUT2D eigenvalue weighted by Gasteiger charge is 2.51. The molecule has 0 unspecified atom stereocenters. The second-order valence-electron chi connectivity index (χ2n) is 9.41. The number of halogens is 1. The van der Waals surface area contributed by atoms with E-state index < -0.39 is 57.2 Å². The summed E-state index contributed by atoms with van der Waals surface area (Å²) >= 11 is 6.15. The monoisotopic (exact) mass is 590 g/mol. The average Bonchev–Trinajstić information content (AvgIpc) is 3.59. The first-order valence-electron chi connectivity index (χ1n) is 12.1. The molecule has 1 aliphatic carbocycles. The van der Waals surface area contributed by atoms with Gasteiger partial charge in [0.05, 0.1) is 25.5 Å². The van der Waals surface area contributed by atoms with E-state index in [1.165, 1.54) is 4.52 Å². The van der Waals surface area contributed by atoms with Crippen molar-refractivity contribution in [3.63, 3.8) is 0 Å². The SMILES string of the molecule is O=P(O)(O)[C@](CO)(COCc1nn[nH]n1)OC[C@H]1O[C@@H](c2ccc3c(NC4CCC4)nc(Cl)nn23)[C@H](O)[C@@H]1O. The second kappa shape index (κ2) is 11.3. The number of aromatic amines is 1. The number of aliphatic hydroxyl groups excluding tert-OH is 3. The summed E-state index contributed by atoms with van der Waals surface area (Å²) in [5.41, 5.74) is 0.956. The molecule has 0 bridgehead atoms. The highest BCUT2D eigenvalue weighted by Crippen LogP contribution is 2.51. The van der Waals surface area contributed by atoms with Crippen LogP contribution in [0.3, 0.4) is 0 Å². The molecule has 5 rings (SSSR count). The van der Waals surface area contributed by atoms with Crippen LogP contribution in [0.4, 0.5) is 5.82 Å². The number of tetrazole rings is 1. The minimum atomic E-state index is -5.13. The Bertz CT molecular complexity index is 1320. The van der Waals surface area contributed by atoms with Crippen LogP contribution >= 0.6 is 19.2 Å². The Morgan fingerprint density at radius 1 is 1.28 bits per heavy atom. The topological polar surface area (TPSA) is 243 Å². The quantitative estimate of drug-likeness (QED) is 0.127. The number of fused-ring (bicyclic) bond motifs is 1. The molecule has 3 aromatic rings. The van der Waals surface area contributed by atoms with Gasteiger partial charge in [-0.05, 0) is 43.0 Å². The standard InChI is InChI=1S/C20H28ClN8O9P/c21-19-23-18(22-10-2-1-3-10)12-5-4-11(29(12)26-19)17-16(32)15(31)13(38-17)6-37-20(8-30,39(33,34)35)9-36-7-14-24-27-28-25-14/h4-5,10,13,15-17,30-32H,1-3,6-9H2,(H,22,23,26)(H2,33,34,35)(H,24,25,27,28)/t13-,15-,16-,17+,20-/m1/s1. The Balaban J connectivity index is 1.31. The van der Waals surface area contributed by atoms with Gasteiger partial charge in [0.2, 0.25) is 10.6 Å². The number of ether oxygens (including phenoxy) is 3. The highest BCUT2D eigenvalue weighted by molar-refractivity contribution is 7.53. The molecule has 0 radical (unpaired) electrons. The van der Waals surface area contributed by atoms with Gasteiger partial charge in [-0.1, -0.05) is 5.21 Å². The van der Waals surface area contributed by atoms with Crippen molar-refractivity contribution in [3.8, 4) is 0 Å². The van der Waals surface area contributed by atoms with Gasteiger partial charge < -0.3 is 44.6 Å². The van der Waals surface area contributed by atoms with Crippen molar-refractivity contribution in [2.45, 2.75) is 61.7 Å². The largest absolute Gasteiger partial charge is 0.393 e. The van der Waals surface area contributed by atoms with Gasteiger partial charge in [0, 0.05) is 6.04 Å². The van der Waals surface area contributed by atoms with E-state index in [0.717, 1.165) is 19.3 Å². The van der Waals surface area contributed by atoms with E-state index in [1.54, 1.807) is 12.1 Å². The van der Waals surface area contributed by atoms with Crippen molar-refractivity contribution in [3.05, 3.63) is 28.9 Å². The van der Waals surface area contributed by atoms with Gasteiger partial charge in [0.1, 0.15) is 36.5 Å². The third-order valence-corrected chi connectivity index (χ3v) is 8.48. The van der Waals surface area contributed by atoms with Crippen molar-refractivity contribution in [1.82, 2.24) is 35.2 Å². The van der Waals surface area contributed by atoms with Gasteiger partial charge in [-0.15, -0.1) is 15.3 Å². The van der Waals surface area contributed by atoms with Gasteiger partial charge >= 0.3 is 7.60 Å². The lowest BCUT2D eigenvalue weighted by molar-refractivity contribution is -0.126. The number of anilines is 1. The third-order valence-electron chi connectivity index (χ3n) is 6.86. The van der Waals surface area contributed by atoms with E-state index in [4.69, 9.17) is 25.8 Å². The molecule has 0 amide bonds. The molecule has 1 saturated heterocycles. The molecule has 4 heterocycles. The molecule has 1 saturated carbocycles. The Hall–Kier alpha value is -2.31. The molecular weight excluding hydrogens is 563 g/mol. The van der Waals surface area contributed by atoms with Gasteiger partial charge in [0.15, 0.2) is 11.6 Å². The van der Waals surface area contributed by atoms with Gasteiger partial charge in [0.25, 0.3) is 0 Å². The minimum Gasteiger partial charge on any atom is -0.393 e. The van der Waals surface area contributed by atoms with Gasteiger partial charge in [-0.25, -0.2) is 4.52 Å². The van der Waals surface area contributed by atoms with E-state index >= 15 is 0 Å². The molecular formula is C20H28ClN8O9P. The van der Waals surface area contributed by atoms with Crippen LogP contribution in [0.2, 0.25) is 5.28 Å². The summed E-state index contributed by atoms with van der Waals surface area (Å²) in [4.78, 5) is 24.2. The molecule has 0 spiro atoms. The van der Waals surface area contributed by atoms with E-state index in [1.807, 2.05) is 0 Å². The maximum atomic E-state index is 12.3. The zero-order valence-electron chi connectivity index (χ0n) is 20.4. The van der Waals surface area contributed by atoms with Crippen molar-refractivity contribution in [2.24, 2.45) is 0 Å². The fourth-order valence-corrected chi connectivity index (χ4v) is 5.21. The molecule has 3 aromatic heterocycles. The highest BCUT2D eigenvalue weighted by atomic mass is 35.5. The van der Waals surface area contributed by atoms with Crippen molar-refractivity contribution < 1.29 is 43.9 Å². The number of aromatic nitrogens is 7. The number of rotatable bonds is 12. The summed E-state index contributed by atoms with van der Waals surface area (Å²) in [6.07, 6.45) is -2.13. The van der Waals surface area contributed by atoms with Crippen LogP contribution in [0.5, 0.6) is 0 Å². The normalized spacial score (nSPS) is 25.6. The smallest absolute Gasteiger partial charge is 0.361 e. The first kappa shape index (κ1) is 28.2. The van der Waals surface area contributed by atoms with Crippen LogP contribution in [0.25, 0.3) is 5.52 Å². The van der Waals surface area contributed by atoms with Crippen molar-refractivity contribution >= 4 is 30.5 Å². The Labute approximate surface area is 225 Å². The minimum absolute atomic E-state index is 0.0371. The molecule has 39 heavy (non-hydrogen) atoms. The number of nitrogens with one attached hydrogen (secondary N) is 2.